The number of carbonyl (C=O) groups is 2. The standard InChI is InChI=1S/C21H23NO3/c1-3-25-19(23)13-21(2)11-10-16-12-15(6-9-18(16)20(21)24)14-4-7-17(22)8-5-14/h4-9,12H,3,10-11,13,22H2,1-2H3. The molecule has 0 aromatic heterocycles. The lowest BCUT2D eigenvalue weighted by Crippen LogP contribution is -2.36. The summed E-state index contributed by atoms with van der Waals surface area (Å²) < 4.78 is 5.03. The van der Waals surface area contributed by atoms with Gasteiger partial charge in [0.2, 0.25) is 0 Å². The summed E-state index contributed by atoms with van der Waals surface area (Å²) in [5.41, 5.74) is 9.70. The van der Waals surface area contributed by atoms with Crippen LogP contribution in [0.25, 0.3) is 11.1 Å². The summed E-state index contributed by atoms with van der Waals surface area (Å²) in [5.74, 6) is -0.272. The van der Waals surface area contributed by atoms with E-state index in [1.54, 1.807) is 6.92 Å². The van der Waals surface area contributed by atoms with Crippen LogP contribution < -0.4 is 5.73 Å². The molecule has 1 atom stereocenters. The fraction of sp³-hybridized carbons (Fsp3) is 0.333. The van der Waals surface area contributed by atoms with Gasteiger partial charge in [0.25, 0.3) is 0 Å². The minimum absolute atomic E-state index is 0.0330. The minimum atomic E-state index is -0.679. The molecule has 2 N–H and O–H groups in total. The number of aryl methyl sites for hydroxylation is 1. The maximum absolute atomic E-state index is 12.9. The summed E-state index contributed by atoms with van der Waals surface area (Å²) >= 11 is 0. The van der Waals surface area contributed by atoms with Gasteiger partial charge in [-0.05, 0) is 48.6 Å². The number of ether oxygens (including phenoxy) is 1. The predicted molar refractivity (Wildman–Crippen MR) is 98.3 cm³/mol. The zero-order valence-corrected chi connectivity index (χ0v) is 14.7. The van der Waals surface area contributed by atoms with Gasteiger partial charge in [0.15, 0.2) is 5.78 Å². The van der Waals surface area contributed by atoms with Crippen molar-refractivity contribution in [1.82, 2.24) is 0 Å². The Morgan fingerprint density at radius 1 is 1.16 bits per heavy atom. The lowest BCUT2D eigenvalue weighted by atomic mass is 9.69. The SMILES string of the molecule is CCOC(=O)CC1(C)CCc2cc(-c3ccc(N)cc3)ccc2C1=O. The Hall–Kier alpha value is -2.62. The van der Waals surface area contributed by atoms with E-state index in [9.17, 15) is 9.59 Å². The predicted octanol–water partition coefficient (Wildman–Crippen LogP) is 4.02. The molecular formula is C21H23NO3. The van der Waals surface area contributed by atoms with Crippen molar-refractivity contribution in [2.75, 3.05) is 12.3 Å². The number of nitrogen functional groups attached to an aromatic ring is 1. The van der Waals surface area contributed by atoms with Crippen molar-refractivity contribution in [3.05, 3.63) is 53.6 Å². The van der Waals surface area contributed by atoms with Gasteiger partial charge in [0, 0.05) is 16.7 Å². The molecule has 1 unspecified atom stereocenters. The summed E-state index contributed by atoms with van der Waals surface area (Å²) in [6, 6.07) is 13.6. The third kappa shape index (κ3) is 3.43. The van der Waals surface area contributed by atoms with Crippen molar-refractivity contribution < 1.29 is 14.3 Å². The molecule has 130 valence electrons. The van der Waals surface area contributed by atoms with Crippen LogP contribution in [0, 0.1) is 5.41 Å². The lowest BCUT2D eigenvalue weighted by Gasteiger charge is -2.32. The molecule has 1 aliphatic rings. The van der Waals surface area contributed by atoms with Crippen molar-refractivity contribution in [1.29, 1.82) is 0 Å². The third-order valence-corrected chi connectivity index (χ3v) is 4.93. The minimum Gasteiger partial charge on any atom is -0.466 e. The smallest absolute Gasteiger partial charge is 0.306 e. The molecule has 25 heavy (non-hydrogen) atoms. The molecular weight excluding hydrogens is 314 g/mol. The summed E-state index contributed by atoms with van der Waals surface area (Å²) in [7, 11) is 0. The largest absolute Gasteiger partial charge is 0.466 e. The highest BCUT2D eigenvalue weighted by Gasteiger charge is 2.40. The van der Waals surface area contributed by atoms with Crippen LogP contribution >= 0.6 is 0 Å². The molecule has 0 amide bonds. The molecule has 0 aliphatic heterocycles. The van der Waals surface area contributed by atoms with Crippen LogP contribution in [0.4, 0.5) is 5.69 Å². The first-order valence-electron chi connectivity index (χ1n) is 8.62. The van der Waals surface area contributed by atoms with Crippen LogP contribution in [-0.4, -0.2) is 18.4 Å². The van der Waals surface area contributed by atoms with Crippen LogP contribution in [0.15, 0.2) is 42.5 Å². The van der Waals surface area contributed by atoms with Crippen molar-refractivity contribution in [2.24, 2.45) is 5.41 Å². The number of benzene rings is 2. The summed E-state index contributed by atoms with van der Waals surface area (Å²) in [6.45, 7) is 3.98. The Bertz CT molecular complexity index is 810. The van der Waals surface area contributed by atoms with Crippen LogP contribution in [0.1, 0.15) is 42.6 Å². The number of ketones is 1. The van der Waals surface area contributed by atoms with Crippen molar-refractivity contribution in [2.45, 2.75) is 33.1 Å². The molecule has 4 heteroatoms. The first kappa shape index (κ1) is 17.2. The number of hydrogen-bond donors (Lipinski definition) is 1. The van der Waals surface area contributed by atoms with E-state index in [2.05, 4.69) is 6.07 Å². The lowest BCUT2D eigenvalue weighted by molar-refractivity contribution is -0.145. The number of nitrogens with two attached hydrogens (primary N) is 1. The highest BCUT2D eigenvalue weighted by atomic mass is 16.5. The van der Waals surface area contributed by atoms with Gasteiger partial charge in [-0.2, -0.15) is 0 Å². The monoisotopic (exact) mass is 337 g/mol. The summed E-state index contributed by atoms with van der Waals surface area (Å²) in [5, 5.41) is 0. The van der Waals surface area contributed by atoms with E-state index < -0.39 is 5.41 Å². The Morgan fingerprint density at radius 2 is 1.84 bits per heavy atom. The van der Waals surface area contributed by atoms with Crippen LogP contribution in [-0.2, 0) is 16.0 Å². The van der Waals surface area contributed by atoms with Crippen LogP contribution in [0.5, 0.6) is 0 Å². The second kappa shape index (κ2) is 6.71. The molecule has 0 bridgehead atoms. The van der Waals surface area contributed by atoms with E-state index in [-0.39, 0.29) is 18.2 Å². The van der Waals surface area contributed by atoms with Crippen LogP contribution in [0.2, 0.25) is 0 Å². The molecule has 4 nitrogen and oxygen atoms in total. The molecule has 0 fully saturated rings. The average molecular weight is 337 g/mol. The number of Topliss-reactive ketones (excluding diaryl/α,β-unsaturated/α-hetero) is 1. The second-order valence-corrected chi connectivity index (χ2v) is 6.87. The average Bonchev–Trinajstić information content (AvgIpc) is 2.59. The number of fused-ring (bicyclic) bond motifs is 1. The Kier molecular flexibility index (Phi) is 4.62. The van der Waals surface area contributed by atoms with Gasteiger partial charge in [0.05, 0.1) is 13.0 Å². The Labute approximate surface area is 148 Å². The number of rotatable bonds is 4. The van der Waals surface area contributed by atoms with E-state index in [0.29, 0.717) is 13.0 Å². The number of carbonyl (C=O) groups excluding carboxylic acids is 2. The maximum atomic E-state index is 12.9. The van der Waals surface area contributed by atoms with E-state index in [0.717, 1.165) is 34.4 Å². The Morgan fingerprint density at radius 3 is 2.52 bits per heavy atom. The van der Waals surface area contributed by atoms with Crippen molar-refractivity contribution in [3.8, 4) is 11.1 Å². The zero-order chi connectivity index (χ0) is 18.0. The molecule has 0 heterocycles. The van der Waals surface area contributed by atoms with E-state index in [1.807, 2.05) is 43.3 Å². The first-order valence-corrected chi connectivity index (χ1v) is 8.62. The number of esters is 1. The van der Waals surface area contributed by atoms with E-state index in [1.165, 1.54) is 0 Å². The molecule has 2 aromatic carbocycles. The number of hydrogen-bond acceptors (Lipinski definition) is 4. The van der Waals surface area contributed by atoms with Gasteiger partial charge in [-0.15, -0.1) is 0 Å². The normalized spacial score (nSPS) is 19.4. The van der Waals surface area contributed by atoms with Gasteiger partial charge in [-0.1, -0.05) is 37.3 Å². The Balaban J connectivity index is 1.87. The summed E-state index contributed by atoms with van der Waals surface area (Å²) in [4.78, 5) is 24.8. The van der Waals surface area contributed by atoms with Crippen molar-refractivity contribution >= 4 is 17.4 Å². The van der Waals surface area contributed by atoms with E-state index in [4.69, 9.17) is 10.5 Å². The fourth-order valence-electron chi connectivity index (χ4n) is 3.43. The van der Waals surface area contributed by atoms with Gasteiger partial charge in [-0.25, -0.2) is 0 Å². The molecule has 0 saturated carbocycles. The molecule has 3 rings (SSSR count). The van der Waals surface area contributed by atoms with Crippen LogP contribution in [0.3, 0.4) is 0 Å². The fourth-order valence-corrected chi connectivity index (χ4v) is 3.43. The molecule has 0 radical (unpaired) electrons. The maximum Gasteiger partial charge on any atom is 0.306 e. The summed E-state index contributed by atoms with van der Waals surface area (Å²) in [6.07, 6.45) is 1.57. The zero-order valence-electron chi connectivity index (χ0n) is 14.7. The first-order chi connectivity index (χ1) is 11.9. The van der Waals surface area contributed by atoms with Gasteiger partial charge in [0.1, 0.15) is 0 Å². The van der Waals surface area contributed by atoms with Gasteiger partial charge >= 0.3 is 5.97 Å². The highest BCUT2D eigenvalue weighted by Crippen LogP contribution is 2.39. The highest BCUT2D eigenvalue weighted by molar-refractivity contribution is 6.04. The van der Waals surface area contributed by atoms with Gasteiger partial charge < -0.3 is 10.5 Å². The number of anilines is 1. The van der Waals surface area contributed by atoms with Crippen molar-refractivity contribution in [3.63, 3.8) is 0 Å². The van der Waals surface area contributed by atoms with Gasteiger partial charge in [-0.3, -0.25) is 9.59 Å². The molecule has 0 saturated heterocycles. The van der Waals surface area contributed by atoms with E-state index >= 15 is 0 Å². The second-order valence-electron chi connectivity index (χ2n) is 6.87. The third-order valence-electron chi connectivity index (χ3n) is 4.93. The quantitative estimate of drug-likeness (QED) is 0.675. The molecule has 1 aliphatic carbocycles. The topological polar surface area (TPSA) is 69.4 Å². The molecule has 0 spiro atoms. The molecule has 2 aromatic rings.